The first-order valence-corrected chi connectivity index (χ1v) is 15.7. The normalized spacial score (nSPS) is 17.5. The second kappa shape index (κ2) is 17.9. The van der Waals surface area contributed by atoms with Crippen LogP contribution in [0.25, 0.3) is 11.3 Å². The van der Waals surface area contributed by atoms with E-state index in [2.05, 4.69) is 20.3 Å². The Morgan fingerprint density at radius 1 is 0.979 bits per heavy atom. The molecule has 0 amide bonds. The van der Waals surface area contributed by atoms with Crippen molar-refractivity contribution in [3.63, 3.8) is 0 Å². The standard InChI is InChI=1S/C34H42F2N4O8/c1-22-16-27(39-30(17-22)40-29-18-24(32(35)36)10-11-37-29)25-6-9-28(38-19-25)34(2,43)26-7-4-23(5-8-26)33(42)48-21-47-31(41)20-46-15-14-45-13-12-44-3/h6,9-11,16-19,23,26,32,43H,4-5,7-8,12-15,20-21H2,1-3H3,(H,37,39,40)/t23-,26-,34-/m1/s1. The molecule has 260 valence electrons. The number of aliphatic hydroxyl groups is 1. The third kappa shape index (κ3) is 10.7. The highest BCUT2D eigenvalue weighted by molar-refractivity contribution is 5.73. The number of anilines is 2. The highest BCUT2D eigenvalue weighted by Crippen LogP contribution is 2.41. The van der Waals surface area contributed by atoms with Crippen molar-refractivity contribution < 1.29 is 47.2 Å². The van der Waals surface area contributed by atoms with E-state index in [0.717, 1.165) is 5.56 Å². The first-order chi connectivity index (χ1) is 23.1. The molecule has 12 nitrogen and oxygen atoms in total. The topological polar surface area (TPSA) is 151 Å². The number of aryl methyl sites for hydroxylation is 1. The number of rotatable bonds is 17. The number of methoxy groups -OCH3 is 1. The van der Waals surface area contributed by atoms with Gasteiger partial charge in [0, 0.05) is 30.6 Å². The lowest BCUT2D eigenvalue weighted by Crippen LogP contribution is -2.37. The molecule has 3 aromatic rings. The van der Waals surface area contributed by atoms with Crippen molar-refractivity contribution in [1.29, 1.82) is 0 Å². The summed E-state index contributed by atoms with van der Waals surface area (Å²) in [6.45, 7) is 4.29. The van der Waals surface area contributed by atoms with Crippen LogP contribution in [0, 0.1) is 18.8 Å². The molecule has 48 heavy (non-hydrogen) atoms. The summed E-state index contributed by atoms with van der Waals surface area (Å²) < 4.78 is 51.6. The zero-order chi connectivity index (χ0) is 34.5. The van der Waals surface area contributed by atoms with Crippen molar-refractivity contribution in [2.24, 2.45) is 11.8 Å². The fourth-order valence-electron chi connectivity index (χ4n) is 5.44. The lowest BCUT2D eigenvalue weighted by molar-refractivity contribution is -0.174. The van der Waals surface area contributed by atoms with Gasteiger partial charge in [0.1, 0.15) is 23.8 Å². The molecule has 3 heterocycles. The molecule has 3 aromatic heterocycles. The lowest BCUT2D eigenvalue weighted by Gasteiger charge is -2.37. The molecule has 1 aliphatic rings. The molecule has 0 aromatic carbocycles. The van der Waals surface area contributed by atoms with Crippen LogP contribution >= 0.6 is 0 Å². The Morgan fingerprint density at radius 3 is 2.44 bits per heavy atom. The minimum Gasteiger partial charge on any atom is -0.428 e. The quantitative estimate of drug-likeness (QED) is 0.109. The number of hydrogen-bond acceptors (Lipinski definition) is 12. The minimum atomic E-state index is -2.61. The van der Waals surface area contributed by atoms with Gasteiger partial charge in [-0.25, -0.2) is 23.5 Å². The van der Waals surface area contributed by atoms with E-state index in [4.69, 9.17) is 23.7 Å². The molecule has 1 saturated carbocycles. The van der Waals surface area contributed by atoms with Crippen LogP contribution in [0.2, 0.25) is 0 Å². The van der Waals surface area contributed by atoms with Gasteiger partial charge in [0.05, 0.1) is 43.7 Å². The largest absolute Gasteiger partial charge is 0.428 e. The van der Waals surface area contributed by atoms with E-state index in [1.807, 2.05) is 19.1 Å². The summed E-state index contributed by atoms with van der Waals surface area (Å²) in [5.41, 5.74) is 1.32. The molecule has 1 aliphatic carbocycles. The number of hydrogen-bond donors (Lipinski definition) is 2. The van der Waals surface area contributed by atoms with Crippen LogP contribution in [0.3, 0.4) is 0 Å². The van der Waals surface area contributed by atoms with Crippen molar-refractivity contribution in [3.05, 3.63) is 65.6 Å². The van der Waals surface area contributed by atoms with E-state index in [0.29, 0.717) is 68.3 Å². The summed E-state index contributed by atoms with van der Waals surface area (Å²) in [5, 5.41) is 14.5. The molecule has 1 atom stereocenters. The zero-order valence-corrected chi connectivity index (χ0v) is 27.3. The Kier molecular flexibility index (Phi) is 13.7. The van der Waals surface area contributed by atoms with Crippen LogP contribution in [0.15, 0.2) is 48.8 Å². The number of alkyl halides is 2. The molecule has 0 spiro atoms. The molecule has 2 N–H and O–H groups in total. The van der Waals surface area contributed by atoms with Crippen molar-refractivity contribution in [3.8, 4) is 11.3 Å². The number of carbonyl (C=O) groups excluding carboxylic acids is 2. The van der Waals surface area contributed by atoms with Gasteiger partial charge in [-0.05, 0) is 87.4 Å². The number of aromatic nitrogens is 3. The van der Waals surface area contributed by atoms with Crippen LogP contribution in [0.1, 0.15) is 55.9 Å². The van der Waals surface area contributed by atoms with Gasteiger partial charge < -0.3 is 34.1 Å². The Labute approximate surface area is 278 Å². The van der Waals surface area contributed by atoms with E-state index in [1.54, 1.807) is 32.4 Å². The SMILES string of the molecule is COCCOCCOCC(=O)OCOC(=O)[C@H]1CC[C@H]([C@@](C)(O)c2ccc(-c3cc(C)cc(Nc4cc(C(F)F)ccn4)n3)cn2)CC1. The maximum Gasteiger partial charge on any atom is 0.334 e. The van der Waals surface area contributed by atoms with Crippen LogP contribution < -0.4 is 5.32 Å². The first-order valence-electron chi connectivity index (χ1n) is 15.7. The Bertz CT molecular complexity index is 1480. The second-order valence-electron chi connectivity index (χ2n) is 11.7. The maximum absolute atomic E-state index is 13.1. The minimum absolute atomic E-state index is 0.141. The predicted octanol–water partition coefficient (Wildman–Crippen LogP) is 5.27. The molecule has 0 aliphatic heterocycles. The second-order valence-corrected chi connectivity index (χ2v) is 11.7. The van der Waals surface area contributed by atoms with Gasteiger partial charge in [-0.3, -0.25) is 9.78 Å². The molecule has 0 bridgehead atoms. The van der Waals surface area contributed by atoms with Gasteiger partial charge in [-0.15, -0.1) is 0 Å². The molecule has 4 rings (SSSR count). The number of esters is 2. The third-order valence-corrected chi connectivity index (χ3v) is 8.14. The number of halogens is 2. The van der Waals surface area contributed by atoms with Crippen molar-refractivity contribution in [1.82, 2.24) is 15.0 Å². The number of nitrogens with zero attached hydrogens (tertiary/aromatic N) is 3. The lowest BCUT2D eigenvalue weighted by atomic mass is 9.73. The molecule has 0 saturated heterocycles. The molecule has 14 heteroatoms. The average molecular weight is 673 g/mol. The summed E-state index contributed by atoms with van der Waals surface area (Å²) in [6, 6.07) is 9.78. The number of nitrogens with one attached hydrogen (secondary N) is 1. The number of carbonyl (C=O) groups is 2. The fraction of sp³-hybridized carbons (Fsp3) is 0.500. The monoisotopic (exact) mass is 672 g/mol. The van der Waals surface area contributed by atoms with Crippen LogP contribution in [0.5, 0.6) is 0 Å². The third-order valence-electron chi connectivity index (χ3n) is 8.14. The van der Waals surface area contributed by atoms with Crippen molar-refractivity contribution in [2.75, 3.05) is 52.3 Å². The van der Waals surface area contributed by atoms with E-state index in [9.17, 15) is 23.5 Å². The van der Waals surface area contributed by atoms with Crippen molar-refractivity contribution >= 4 is 23.6 Å². The summed E-state index contributed by atoms with van der Waals surface area (Å²) in [7, 11) is 1.57. The zero-order valence-electron chi connectivity index (χ0n) is 27.3. The van der Waals surface area contributed by atoms with E-state index >= 15 is 0 Å². The van der Waals surface area contributed by atoms with Crippen LogP contribution in [-0.2, 0) is 38.9 Å². The Morgan fingerprint density at radius 2 is 1.73 bits per heavy atom. The molecular weight excluding hydrogens is 630 g/mol. The Hall–Kier alpha value is -4.11. The number of pyridine rings is 3. The molecule has 0 radical (unpaired) electrons. The average Bonchev–Trinajstić information content (AvgIpc) is 3.07. The van der Waals surface area contributed by atoms with E-state index in [-0.39, 0.29) is 36.4 Å². The van der Waals surface area contributed by atoms with Crippen LogP contribution in [-0.4, -0.2) is 78.9 Å². The fourth-order valence-corrected chi connectivity index (χ4v) is 5.44. The first kappa shape index (κ1) is 36.7. The van der Waals surface area contributed by atoms with Gasteiger partial charge in [-0.2, -0.15) is 0 Å². The van der Waals surface area contributed by atoms with Gasteiger partial charge in [-0.1, -0.05) is 0 Å². The van der Waals surface area contributed by atoms with E-state index in [1.165, 1.54) is 18.3 Å². The predicted molar refractivity (Wildman–Crippen MR) is 170 cm³/mol. The Balaban J connectivity index is 1.24. The van der Waals surface area contributed by atoms with Crippen molar-refractivity contribution in [2.45, 2.75) is 51.6 Å². The molecular formula is C34H42F2N4O8. The smallest absolute Gasteiger partial charge is 0.334 e. The van der Waals surface area contributed by atoms with Gasteiger partial charge >= 0.3 is 11.9 Å². The summed E-state index contributed by atoms with van der Waals surface area (Å²) in [5.74, 6) is -0.910. The molecule has 1 fully saturated rings. The summed E-state index contributed by atoms with van der Waals surface area (Å²) in [6.07, 6.45) is 2.51. The highest BCUT2D eigenvalue weighted by Gasteiger charge is 2.39. The maximum atomic E-state index is 13.1. The summed E-state index contributed by atoms with van der Waals surface area (Å²) >= 11 is 0. The van der Waals surface area contributed by atoms with Gasteiger partial charge in [0.15, 0.2) is 0 Å². The summed E-state index contributed by atoms with van der Waals surface area (Å²) in [4.78, 5) is 37.6. The van der Waals surface area contributed by atoms with E-state index < -0.39 is 30.8 Å². The van der Waals surface area contributed by atoms with Gasteiger partial charge in [0.2, 0.25) is 6.79 Å². The number of ether oxygens (including phenoxy) is 5. The van der Waals surface area contributed by atoms with Gasteiger partial charge in [0.25, 0.3) is 6.43 Å². The molecule has 0 unspecified atom stereocenters. The van der Waals surface area contributed by atoms with Crippen LogP contribution in [0.4, 0.5) is 20.4 Å². The highest BCUT2D eigenvalue weighted by atomic mass is 19.3.